The molecule has 2 aromatic rings. The van der Waals surface area contributed by atoms with Crippen molar-refractivity contribution in [2.45, 2.75) is 63.6 Å². The molecule has 2 atom stereocenters. The van der Waals surface area contributed by atoms with Crippen LogP contribution in [0.25, 0.3) is 11.3 Å². The molecule has 0 spiro atoms. The first-order valence-corrected chi connectivity index (χ1v) is 11.5. The van der Waals surface area contributed by atoms with Crippen LogP contribution in [-0.2, 0) is 9.53 Å². The standard InChI is InChI=1S/C24H29FN6O2/c1-2-18-14-33-21(23(32)28-17-6-4-3-5-7-17)13-31(18)22-11-20(29-24(27)30-22)15-8-9-16(12-26)19(25)10-15/h8-11,17-18,21H,2-7,13-14H2,1H3,(H,28,32)(H2,27,29,30). The smallest absolute Gasteiger partial charge is 0.251 e. The number of halogens is 1. The zero-order chi connectivity index (χ0) is 23.4. The third kappa shape index (κ3) is 5.22. The molecule has 8 nitrogen and oxygen atoms in total. The van der Waals surface area contributed by atoms with E-state index in [0.29, 0.717) is 30.2 Å². The van der Waals surface area contributed by atoms with Crippen LogP contribution < -0.4 is 16.0 Å². The number of carbonyl (C=O) groups is 1. The van der Waals surface area contributed by atoms with Gasteiger partial charge < -0.3 is 20.7 Å². The summed E-state index contributed by atoms with van der Waals surface area (Å²) in [5, 5.41) is 12.1. The number of nitriles is 1. The molecule has 9 heteroatoms. The summed E-state index contributed by atoms with van der Waals surface area (Å²) in [4.78, 5) is 23.6. The van der Waals surface area contributed by atoms with Crippen molar-refractivity contribution in [3.8, 4) is 17.3 Å². The number of anilines is 2. The number of rotatable bonds is 5. The lowest BCUT2D eigenvalue weighted by Gasteiger charge is -2.40. The molecule has 1 aliphatic heterocycles. The fourth-order valence-electron chi connectivity index (χ4n) is 4.53. The van der Waals surface area contributed by atoms with Crippen molar-refractivity contribution in [2.75, 3.05) is 23.8 Å². The van der Waals surface area contributed by atoms with Crippen molar-refractivity contribution >= 4 is 17.7 Å². The maximum Gasteiger partial charge on any atom is 0.251 e. The number of nitrogens with zero attached hydrogens (tertiary/aromatic N) is 4. The van der Waals surface area contributed by atoms with Gasteiger partial charge in [-0.05, 0) is 31.4 Å². The van der Waals surface area contributed by atoms with E-state index in [1.54, 1.807) is 12.1 Å². The lowest BCUT2D eigenvalue weighted by atomic mass is 9.95. The van der Waals surface area contributed by atoms with E-state index in [1.165, 1.54) is 18.6 Å². The van der Waals surface area contributed by atoms with Gasteiger partial charge in [-0.3, -0.25) is 4.79 Å². The fourth-order valence-corrected chi connectivity index (χ4v) is 4.53. The second-order valence-corrected chi connectivity index (χ2v) is 8.66. The van der Waals surface area contributed by atoms with Gasteiger partial charge in [-0.25, -0.2) is 9.37 Å². The summed E-state index contributed by atoms with van der Waals surface area (Å²) >= 11 is 0. The van der Waals surface area contributed by atoms with E-state index < -0.39 is 11.9 Å². The van der Waals surface area contributed by atoms with Gasteiger partial charge in [0.1, 0.15) is 17.7 Å². The number of carbonyl (C=O) groups excluding carboxylic acids is 1. The number of hydrogen-bond acceptors (Lipinski definition) is 7. The predicted octanol–water partition coefficient (Wildman–Crippen LogP) is 3.17. The molecular weight excluding hydrogens is 423 g/mol. The summed E-state index contributed by atoms with van der Waals surface area (Å²) < 4.78 is 20.1. The van der Waals surface area contributed by atoms with Gasteiger partial charge in [-0.15, -0.1) is 0 Å². The Hall–Kier alpha value is -3.25. The molecule has 2 heterocycles. The monoisotopic (exact) mass is 452 g/mol. The van der Waals surface area contributed by atoms with E-state index in [2.05, 4.69) is 15.3 Å². The van der Waals surface area contributed by atoms with Gasteiger partial charge in [-0.2, -0.15) is 10.2 Å². The predicted molar refractivity (Wildman–Crippen MR) is 123 cm³/mol. The van der Waals surface area contributed by atoms with E-state index >= 15 is 0 Å². The zero-order valence-corrected chi connectivity index (χ0v) is 18.8. The molecule has 2 fully saturated rings. The van der Waals surface area contributed by atoms with E-state index in [0.717, 1.165) is 32.1 Å². The summed E-state index contributed by atoms with van der Waals surface area (Å²) in [5.74, 6) is -0.103. The molecule has 1 saturated heterocycles. The van der Waals surface area contributed by atoms with Gasteiger partial charge in [0.15, 0.2) is 6.10 Å². The van der Waals surface area contributed by atoms with Crippen LogP contribution in [0.3, 0.4) is 0 Å². The molecule has 1 aromatic carbocycles. The highest BCUT2D eigenvalue weighted by atomic mass is 19.1. The topological polar surface area (TPSA) is 117 Å². The van der Waals surface area contributed by atoms with Crippen molar-refractivity contribution in [2.24, 2.45) is 0 Å². The molecule has 2 unspecified atom stereocenters. The Labute approximate surface area is 193 Å². The van der Waals surface area contributed by atoms with Crippen LogP contribution in [0.1, 0.15) is 51.0 Å². The quantitative estimate of drug-likeness (QED) is 0.715. The molecule has 0 radical (unpaired) electrons. The molecular formula is C24H29FN6O2. The number of nitrogens with two attached hydrogens (primary N) is 1. The molecule has 1 amide bonds. The van der Waals surface area contributed by atoms with E-state index in [1.807, 2.05) is 17.9 Å². The van der Waals surface area contributed by atoms with Gasteiger partial charge in [-0.1, -0.05) is 32.3 Å². The summed E-state index contributed by atoms with van der Waals surface area (Å²) in [6.45, 7) is 2.78. The number of hydrogen-bond donors (Lipinski definition) is 2. The highest BCUT2D eigenvalue weighted by Crippen LogP contribution is 2.28. The number of ether oxygens (including phenoxy) is 1. The Morgan fingerprint density at radius 1 is 1.30 bits per heavy atom. The molecule has 174 valence electrons. The first-order valence-electron chi connectivity index (χ1n) is 11.5. The second-order valence-electron chi connectivity index (χ2n) is 8.66. The lowest BCUT2D eigenvalue weighted by Crippen LogP contribution is -2.56. The van der Waals surface area contributed by atoms with Crippen molar-refractivity contribution in [1.29, 1.82) is 5.26 Å². The minimum atomic E-state index is -0.619. The van der Waals surface area contributed by atoms with Crippen LogP contribution >= 0.6 is 0 Å². The van der Waals surface area contributed by atoms with Gasteiger partial charge >= 0.3 is 0 Å². The van der Waals surface area contributed by atoms with Gasteiger partial charge in [0.2, 0.25) is 5.95 Å². The number of aromatic nitrogens is 2. The fraction of sp³-hybridized carbons (Fsp3) is 0.500. The molecule has 1 aliphatic carbocycles. The SMILES string of the molecule is CCC1COC(C(=O)NC2CCCCC2)CN1c1cc(-c2ccc(C#N)c(F)c2)nc(N)n1. The van der Waals surface area contributed by atoms with Crippen molar-refractivity contribution in [1.82, 2.24) is 15.3 Å². The number of morpholine rings is 1. The Morgan fingerprint density at radius 3 is 2.79 bits per heavy atom. The van der Waals surface area contributed by atoms with Crippen LogP contribution in [-0.4, -0.2) is 47.2 Å². The molecule has 0 bridgehead atoms. The average Bonchev–Trinajstić information content (AvgIpc) is 2.83. The molecule has 3 N–H and O–H groups in total. The van der Waals surface area contributed by atoms with E-state index in [-0.39, 0.29) is 29.5 Å². The summed E-state index contributed by atoms with van der Waals surface area (Å²) in [6.07, 6.45) is 5.69. The van der Waals surface area contributed by atoms with Gasteiger partial charge in [0.05, 0.1) is 30.5 Å². The summed E-state index contributed by atoms with van der Waals surface area (Å²) in [6, 6.07) is 8.09. The van der Waals surface area contributed by atoms with Crippen LogP contribution in [0.5, 0.6) is 0 Å². The van der Waals surface area contributed by atoms with E-state index in [4.69, 9.17) is 15.7 Å². The van der Waals surface area contributed by atoms with Crippen LogP contribution in [0.15, 0.2) is 24.3 Å². The van der Waals surface area contributed by atoms with Crippen molar-refractivity contribution in [3.63, 3.8) is 0 Å². The molecule has 33 heavy (non-hydrogen) atoms. The molecule has 1 saturated carbocycles. The van der Waals surface area contributed by atoms with Crippen molar-refractivity contribution < 1.29 is 13.9 Å². The molecule has 2 aliphatic rings. The Balaban J connectivity index is 1.57. The van der Waals surface area contributed by atoms with Crippen LogP contribution in [0, 0.1) is 17.1 Å². The molecule has 4 rings (SSSR count). The normalized spacial score (nSPS) is 21.4. The van der Waals surface area contributed by atoms with Crippen LogP contribution in [0.4, 0.5) is 16.2 Å². The zero-order valence-electron chi connectivity index (χ0n) is 18.8. The van der Waals surface area contributed by atoms with E-state index in [9.17, 15) is 9.18 Å². The highest BCUT2D eigenvalue weighted by molar-refractivity contribution is 5.82. The number of amides is 1. The van der Waals surface area contributed by atoms with Crippen LogP contribution in [0.2, 0.25) is 0 Å². The summed E-state index contributed by atoms with van der Waals surface area (Å²) in [7, 11) is 0. The van der Waals surface area contributed by atoms with Crippen molar-refractivity contribution in [3.05, 3.63) is 35.6 Å². The second kappa shape index (κ2) is 10.1. The Morgan fingerprint density at radius 2 is 2.09 bits per heavy atom. The number of benzene rings is 1. The first-order chi connectivity index (χ1) is 16.0. The number of nitrogen functional groups attached to an aromatic ring is 1. The van der Waals surface area contributed by atoms with Gasteiger partial charge in [0, 0.05) is 17.7 Å². The largest absolute Gasteiger partial charge is 0.368 e. The maximum absolute atomic E-state index is 14.2. The maximum atomic E-state index is 14.2. The minimum absolute atomic E-state index is 0.0172. The molecule has 1 aromatic heterocycles. The van der Waals surface area contributed by atoms with Gasteiger partial charge in [0.25, 0.3) is 5.91 Å². The Bertz CT molecular complexity index is 1050. The average molecular weight is 453 g/mol. The minimum Gasteiger partial charge on any atom is -0.368 e. The first kappa shape index (κ1) is 22.9. The highest BCUT2D eigenvalue weighted by Gasteiger charge is 2.34. The Kier molecular flexibility index (Phi) is 7.04. The lowest BCUT2D eigenvalue weighted by molar-refractivity contribution is -0.135. The third-order valence-electron chi connectivity index (χ3n) is 6.42. The third-order valence-corrected chi connectivity index (χ3v) is 6.42. The summed E-state index contributed by atoms with van der Waals surface area (Å²) in [5.41, 5.74) is 6.91. The number of nitrogens with one attached hydrogen (secondary N) is 1.